The summed E-state index contributed by atoms with van der Waals surface area (Å²) in [7, 11) is 0. The van der Waals surface area contributed by atoms with Gasteiger partial charge in [-0.1, -0.05) is 26.5 Å². The Morgan fingerprint density at radius 1 is 1.10 bits per heavy atom. The highest BCUT2D eigenvalue weighted by atomic mass is 16.6. The summed E-state index contributed by atoms with van der Waals surface area (Å²) >= 11 is 0. The second-order valence-corrected chi connectivity index (χ2v) is 11.7. The SMILES string of the molecule is C=C1[C@]2(C)C[C@@H]3[C@@]4(C)C=CC(=O)OC(C)(C)[C@@H]4CC[C@@]3(C)[C@]13C(=O)O[C@@H](C)[C@]3(O)C2=O. The van der Waals surface area contributed by atoms with E-state index >= 15 is 0 Å². The molecule has 0 amide bonds. The van der Waals surface area contributed by atoms with E-state index in [-0.39, 0.29) is 23.6 Å². The van der Waals surface area contributed by atoms with Crippen LogP contribution in [0, 0.1) is 33.5 Å². The van der Waals surface area contributed by atoms with Crippen LogP contribution in [0.2, 0.25) is 0 Å². The number of aliphatic hydroxyl groups is 1. The van der Waals surface area contributed by atoms with Gasteiger partial charge in [0.15, 0.2) is 11.4 Å². The number of allylic oxidation sites excluding steroid dienone is 1. The summed E-state index contributed by atoms with van der Waals surface area (Å²) < 4.78 is 11.4. The lowest BCUT2D eigenvalue weighted by molar-refractivity contribution is -0.197. The molecule has 0 unspecified atom stereocenters. The number of hydrogen-bond donors (Lipinski definition) is 1. The zero-order chi connectivity index (χ0) is 23.0. The number of Topliss-reactive ketones (excluding diaryl/α,β-unsaturated/α-hetero) is 1. The molecule has 1 spiro atoms. The first kappa shape index (κ1) is 20.9. The number of hydrogen-bond acceptors (Lipinski definition) is 6. The first-order valence-electron chi connectivity index (χ1n) is 11.2. The second kappa shape index (κ2) is 5.33. The predicted molar refractivity (Wildman–Crippen MR) is 112 cm³/mol. The van der Waals surface area contributed by atoms with Gasteiger partial charge in [-0.25, -0.2) is 4.79 Å². The van der Waals surface area contributed by atoms with E-state index in [9.17, 15) is 19.5 Å². The van der Waals surface area contributed by atoms with E-state index in [2.05, 4.69) is 13.5 Å². The fourth-order valence-corrected chi connectivity index (χ4v) is 8.81. The van der Waals surface area contributed by atoms with Gasteiger partial charge in [-0.15, -0.1) is 0 Å². The molecule has 1 saturated heterocycles. The van der Waals surface area contributed by atoms with Crippen molar-refractivity contribution in [3.63, 3.8) is 0 Å². The summed E-state index contributed by atoms with van der Waals surface area (Å²) in [4.78, 5) is 39.8. The number of cyclic esters (lactones) is 2. The molecule has 3 aliphatic carbocycles. The van der Waals surface area contributed by atoms with Crippen LogP contribution in [0.15, 0.2) is 24.3 Å². The monoisotopic (exact) mass is 428 g/mol. The summed E-state index contributed by atoms with van der Waals surface area (Å²) in [5, 5.41) is 12.0. The Morgan fingerprint density at radius 2 is 1.74 bits per heavy atom. The highest BCUT2D eigenvalue weighted by Crippen LogP contribution is 2.80. The number of carbonyl (C=O) groups excluding carboxylic acids is 3. The van der Waals surface area contributed by atoms with Gasteiger partial charge in [-0.05, 0) is 69.3 Å². The summed E-state index contributed by atoms with van der Waals surface area (Å²) in [6.45, 7) is 15.7. The van der Waals surface area contributed by atoms with Gasteiger partial charge in [0, 0.05) is 12.0 Å². The molecule has 6 nitrogen and oxygen atoms in total. The van der Waals surface area contributed by atoms with Crippen molar-refractivity contribution in [3.8, 4) is 0 Å². The Kier molecular flexibility index (Phi) is 3.60. The zero-order valence-corrected chi connectivity index (χ0v) is 19.2. The normalized spacial score (nSPS) is 54.5. The van der Waals surface area contributed by atoms with E-state index in [4.69, 9.17) is 9.47 Å². The van der Waals surface area contributed by atoms with Crippen LogP contribution in [0.25, 0.3) is 0 Å². The molecule has 168 valence electrons. The second-order valence-electron chi connectivity index (χ2n) is 11.7. The van der Waals surface area contributed by atoms with Crippen molar-refractivity contribution in [1.29, 1.82) is 0 Å². The highest BCUT2D eigenvalue weighted by molar-refractivity contribution is 6.10. The Hall–Kier alpha value is -1.95. The molecule has 5 rings (SSSR count). The standard InChI is InChI=1S/C25H32O6/c1-13-22(6)12-16-21(5)10-9-17(26)31-20(3,4)15(21)8-11-23(16,7)24(13)19(28)30-14(2)25(24,29)18(22)27/h9-10,14-16,29H,1,8,11-12H2,2-7H3/t14-,15-,16+,21-,22-,23+,24+,25-/m0/s1. The van der Waals surface area contributed by atoms with Crippen LogP contribution in [0.1, 0.15) is 60.8 Å². The van der Waals surface area contributed by atoms with E-state index in [0.29, 0.717) is 24.8 Å². The van der Waals surface area contributed by atoms with Gasteiger partial charge in [0.25, 0.3) is 0 Å². The highest BCUT2D eigenvalue weighted by Gasteiger charge is 2.89. The van der Waals surface area contributed by atoms with Crippen LogP contribution in [-0.4, -0.2) is 40.1 Å². The van der Waals surface area contributed by atoms with Gasteiger partial charge in [0.1, 0.15) is 17.1 Å². The third-order valence-electron chi connectivity index (χ3n) is 10.2. The van der Waals surface area contributed by atoms with Gasteiger partial charge in [0.05, 0.1) is 5.41 Å². The van der Waals surface area contributed by atoms with Crippen LogP contribution in [0.4, 0.5) is 0 Å². The molecule has 2 bridgehead atoms. The lowest BCUT2D eigenvalue weighted by Crippen LogP contribution is -2.67. The van der Waals surface area contributed by atoms with Gasteiger partial charge >= 0.3 is 11.9 Å². The maximum atomic E-state index is 13.8. The van der Waals surface area contributed by atoms with Gasteiger partial charge in [-0.2, -0.15) is 0 Å². The molecule has 31 heavy (non-hydrogen) atoms. The molecule has 0 aromatic carbocycles. The molecule has 6 heteroatoms. The molecule has 2 heterocycles. The first-order chi connectivity index (χ1) is 14.1. The van der Waals surface area contributed by atoms with Crippen LogP contribution < -0.4 is 0 Å². The molecular formula is C25H32O6. The van der Waals surface area contributed by atoms with Crippen LogP contribution in [0.3, 0.4) is 0 Å². The third-order valence-corrected chi connectivity index (χ3v) is 10.2. The van der Waals surface area contributed by atoms with Crippen molar-refractivity contribution >= 4 is 17.7 Å². The lowest BCUT2D eigenvalue weighted by Gasteiger charge is -2.65. The van der Waals surface area contributed by atoms with Crippen LogP contribution >= 0.6 is 0 Å². The van der Waals surface area contributed by atoms with E-state index in [1.807, 2.05) is 33.8 Å². The molecule has 4 fully saturated rings. The Bertz CT molecular complexity index is 994. The Labute approximate surface area is 183 Å². The van der Waals surface area contributed by atoms with E-state index in [0.717, 1.165) is 0 Å². The minimum Gasteiger partial charge on any atom is -0.458 e. The van der Waals surface area contributed by atoms with Crippen molar-refractivity contribution in [2.75, 3.05) is 0 Å². The topological polar surface area (TPSA) is 89.9 Å². The number of carbonyl (C=O) groups is 3. The van der Waals surface area contributed by atoms with E-state index in [1.165, 1.54) is 6.08 Å². The third kappa shape index (κ3) is 1.83. The number of ether oxygens (including phenoxy) is 2. The predicted octanol–water partition coefficient (Wildman–Crippen LogP) is 3.13. The van der Waals surface area contributed by atoms with Gasteiger partial charge in [0.2, 0.25) is 0 Å². The molecule has 0 aromatic rings. The van der Waals surface area contributed by atoms with E-state index < -0.39 is 44.9 Å². The smallest absolute Gasteiger partial charge is 0.330 e. The Morgan fingerprint density at radius 3 is 2.39 bits per heavy atom. The summed E-state index contributed by atoms with van der Waals surface area (Å²) in [6, 6.07) is 0. The largest absolute Gasteiger partial charge is 0.458 e. The first-order valence-corrected chi connectivity index (χ1v) is 11.2. The van der Waals surface area contributed by atoms with Crippen molar-refractivity contribution in [3.05, 3.63) is 24.3 Å². The van der Waals surface area contributed by atoms with Crippen molar-refractivity contribution < 1.29 is 29.0 Å². The van der Waals surface area contributed by atoms with Crippen molar-refractivity contribution in [2.45, 2.75) is 78.1 Å². The number of fused-ring (bicyclic) bond motifs is 4. The molecule has 3 saturated carbocycles. The fourth-order valence-electron chi connectivity index (χ4n) is 8.81. The quantitative estimate of drug-likeness (QED) is 0.471. The van der Waals surface area contributed by atoms with Gasteiger partial charge < -0.3 is 14.6 Å². The minimum atomic E-state index is -1.93. The average Bonchev–Trinajstić information content (AvgIpc) is 2.87. The van der Waals surface area contributed by atoms with Crippen LogP contribution in [0.5, 0.6) is 0 Å². The van der Waals surface area contributed by atoms with Crippen molar-refractivity contribution in [1.82, 2.24) is 0 Å². The summed E-state index contributed by atoms with van der Waals surface area (Å²) in [5.41, 5.74) is -5.94. The molecule has 2 aliphatic heterocycles. The van der Waals surface area contributed by atoms with Gasteiger partial charge in [-0.3, -0.25) is 9.59 Å². The lowest BCUT2D eigenvalue weighted by atomic mass is 9.37. The number of rotatable bonds is 0. The number of ketones is 1. The average molecular weight is 429 g/mol. The maximum Gasteiger partial charge on any atom is 0.330 e. The molecule has 1 N–H and O–H groups in total. The number of esters is 2. The van der Waals surface area contributed by atoms with Crippen LogP contribution in [-0.2, 0) is 23.9 Å². The minimum absolute atomic E-state index is 0.00424. The molecule has 0 radical (unpaired) electrons. The summed E-state index contributed by atoms with van der Waals surface area (Å²) in [6.07, 6.45) is 4.23. The van der Waals surface area contributed by atoms with Crippen molar-refractivity contribution in [2.24, 2.45) is 33.5 Å². The molecule has 5 aliphatic rings. The molecule has 0 aromatic heterocycles. The molecular weight excluding hydrogens is 396 g/mol. The Balaban J connectivity index is 1.81. The molecule has 8 atom stereocenters. The van der Waals surface area contributed by atoms with E-state index in [1.54, 1.807) is 6.92 Å². The fraction of sp³-hybridized carbons (Fsp3) is 0.720. The zero-order valence-electron chi connectivity index (χ0n) is 19.2. The maximum absolute atomic E-state index is 13.8. The summed E-state index contributed by atoms with van der Waals surface area (Å²) in [5.74, 6) is -1.43.